The van der Waals surface area contributed by atoms with Gasteiger partial charge in [0.15, 0.2) is 11.0 Å². The monoisotopic (exact) mass is 441 g/mol. The third kappa shape index (κ3) is 4.49. The van der Waals surface area contributed by atoms with E-state index in [2.05, 4.69) is 23.2 Å². The number of benzene rings is 1. The quantitative estimate of drug-likeness (QED) is 0.640. The number of thioether (sulfide) groups is 1. The van der Waals surface area contributed by atoms with E-state index in [1.807, 2.05) is 46.4 Å². The van der Waals surface area contributed by atoms with Gasteiger partial charge in [-0.2, -0.15) is 0 Å². The fraction of sp³-hybridized carbons (Fsp3) is 0.565. The Morgan fingerprint density at radius 3 is 2.84 bits per heavy atom. The van der Waals surface area contributed by atoms with Gasteiger partial charge in [0.05, 0.1) is 11.8 Å². The number of fused-ring (bicyclic) bond motifs is 1. The van der Waals surface area contributed by atoms with E-state index in [1.165, 1.54) is 17.3 Å². The predicted octanol–water partition coefficient (Wildman–Crippen LogP) is 3.66. The van der Waals surface area contributed by atoms with Gasteiger partial charge in [-0.15, -0.1) is 10.2 Å². The lowest BCUT2D eigenvalue weighted by molar-refractivity contribution is -0.131. The number of nitrogens with zero attached hydrogens (tertiary/aromatic N) is 5. The molecule has 31 heavy (non-hydrogen) atoms. The molecule has 2 aliphatic rings. The number of aromatic nitrogens is 3. The molecule has 2 aromatic rings. The fourth-order valence-corrected chi connectivity index (χ4v) is 5.50. The Morgan fingerprint density at radius 2 is 2.03 bits per heavy atom. The SMILES string of the molecule is CCn1c(CN2CCCCCC2=O)nnc1SC(C)C(=O)N1c2ccccc2CC1C. The van der Waals surface area contributed by atoms with Gasteiger partial charge in [-0.05, 0) is 51.7 Å². The highest BCUT2D eigenvalue weighted by atomic mass is 32.2. The lowest BCUT2D eigenvalue weighted by atomic mass is 10.1. The van der Waals surface area contributed by atoms with Crippen molar-refractivity contribution in [2.24, 2.45) is 0 Å². The fourth-order valence-electron chi connectivity index (χ4n) is 4.52. The normalized spacial score (nSPS) is 20.0. The molecular weight excluding hydrogens is 410 g/mol. The van der Waals surface area contributed by atoms with Gasteiger partial charge < -0.3 is 14.4 Å². The topological polar surface area (TPSA) is 71.3 Å². The van der Waals surface area contributed by atoms with Gasteiger partial charge >= 0.3 is 0 Å². The van der Waals surface area contributed by atoms with E-state index in [0.29, 0.717) is 19.5 Å². The molecule has 8 heteroatoms. The van der Waals surface area contributed by atoms with Gasteiger partial charge in [-0.3, -0.25) is 9.59 Å². The average molecular weight is 442 g/mol. The van der Waals surface area contributed by atoms with Crippen LogP contribution in [0.2, 0.25) is 0 Å². The molecule has 4 rings (SSSR count). The molecule has 0 spiro atoms. The van der Waals surface area contributed by atoms with Crippen molar-refractivity contribution in [3.05, 3.63) is 35.7 Å². The molecule has 3 heterocycles. The molecule has 1 fully saturated rings. The number of amides is 2. The molecule has 7 nitrogen and oxygen atoms in total. The zero-order chi connectivity index (χ0) is 22.0. The smallest absolute Gasteiger partial charge is 0.240 e. The molecular formula is C23H31N5O2S. The van der Waals surface area contributed by atoms with Gasteiger partial charge in [-0.25, -0.2) is 0 Å². The number of hydrogen-bond acceptors (Lipinski definition) is 5. The number of carbonyl (C=O) groups excluding carboxylic acids is 2. The van der Waals surface area contributed by atoms with Crippen molar-refractivity contribution < 1.29 is 9.59 Å². The molecule has 0 bridgehead atoms. The van der Waals surface area contributed by atoms with E-state index in [-0.39, 0.29) is 23.1 Å². The van der Waals surface area contributed by atoms with Crippen molar-refractivity contribution in [1.29, 1.82) is 0 Å². The van der Waals surface area contributed by atoms with E-state index in [9.17, 15) is 9.59 Å². The van der Waals surface area contributed by atoms with Crippen molar-refractivity contribution in [3.8, 4) is 0 Å². The maximum absolute atomic E-state index is 13.3. The van der Waals surface area contributed by atoms with Crippen LogP contribution in [-0.4, -0.2) is 49.3 Å². The Morgan fingerprint density at radius 1 is 1.23 bits per heavy atom. The molecule has 2 aliphatic heterocycles. The lowest BCUT2D eigenvalue weighted by Crippen LogP contribution is -2.40. The van der Waals surface area contributed by atoms with Gasteiger partial charge in [0, 0.05) is 31.2 Å². The first-order chi connectivity index (χ1) is 15.0. The molecule has 0 saturated carbocycles. The summed E-state index contributed by atoms with van der Waals surface area (Å²) in [6.45, 7) is 8.05. The first-order valence-electron chi connectivity index (χ1n) is 11.3. The summed E-state index contributed by atoms with van der Waals surface area (Å²) in [6, 6.07) is 8.29. The van der Waals surface area contributed by atoms with Crippen LogP contribution in [0, 0.1) is 0 Å². The lowest BCUT2D eigenvalue weighted by Gasteiger charge is -2.25. The van der Waals surface area contributed by atoms with E-state index in [0.717, 1.165) is 48.9 Å². The minimum absolute atomic E-state index is 0.0948. The summed E-state index contributed by atoms with van der Waals surface area (Å²) in [5, 5.41) is 9.22. The van der Waals surface area contributed by atoms with Crippen LogP contribution in [-0.2, 0) is 29.1 Å². The molecule has 1 aromatic carbocycles. The summed E-state index contributed by atoms with van der Waals surface area (Å²) >= 11 is 1.45. The summed E-state index contributed by atoms with van der Waals surface area (Å²) < 4.78 is 2.04. The molecule has 166 valence electrons. The van der Waals surface area contributed by atoms with Gasteiger partial charge in [0.25, 0.3) is 0 Å². The summed E-state index contributed by atoms with van der Waals surface area (Å²) in [5.41, 5.74) is 2.24. The van der Waals surface area contributed by atoms with Crippen molar-refractivity contribution in [2.75, 3.05) is 11.4 Å². The van der Waals surface area contributed by atoms with Crippen LogP contribution in [0.5, 0.6) is 0 Å². The van der Waals surface area contributed by atoms with E-state index >= 15 is 0 Å². The van der Waals surface area contributed by atoms with Crippen molar-refractivity contribution >= 4 is 29.3 Å². The molecule has 2 amide bonds. The Balaban J connectivity index is 1.48. The zero-order valence-corrected chi connectivity index (χ0v) is 19.4. The van der Waals surface area contributed by atoms with Crippen LogP contribution >= 0.6 is 11.8 Å². The molecule has 1 aromatic heterocycles. The van der Waals surface area contributed by atoms with Crippen LogP contribution in [0.15, 0.2) is 29.4 Å². The molecule has 1 saturated heterocycles. The highest BCUT2D eigenvalue weighted by Gasteiger charge is 2.34. The third-order valence-corrected chi connectivity index (χ3v) is 7.26. The predicted molar refractivity (Wildman–Crippen MR) is 122 cm³/mol. The maximum atomic E-state index is 13.3. The minimum Gasteiger partial charge on any atom is -0.335 e. The summed E-state index contributed by atoms with van der Waals surface area (Å²) in [7, 11) is 0. The molecule has 2 atom stereocenters. The number of para-hydroxylation sites is 1. The molecule has 0 aliphatic carbocycles. The standard InChI is InChI=1S/C23H31N5O2S/c1-4-27-20(15-26-13-9-5-6-12-21(26)29)24-25-23(27)31-17(3)22(30)28-16(2)14-18-10-7-8-11-19(18)28/h7-8,10-11,16-17H,4-6,9,12-15H2,1-3H3. The van der Waals surface area contributed by atoms with Crippen molar-refractivity contribution in [1.82, 2.24) is 19.7 Å². The highest BCUT2D eigenvalue weighted by Crippen LogP contribution is 2.34. The number of carbonyl (C=O) groups is 2. The summed E-state index contributed by atoms with van der Waals surface area (Å²) in [4.78, 5) is 29.5. The van der Waals surface area contributed by atoms with Crippen LogP contribution in [0.25, 0.3) is 0 Å². The van der Waals surface area contributed by atoms with Gasteiger partial charge in [-0.1, -0.05) is 36.4 Å². The Bertz CT molecular complexity index is 959. The van der Waals surface area contributed by atoms with Crippen LogP contribution in [0.4, 0.5) is 5.69 Å². The van der Waals surface area contributed by atoms with E-state index in [1.54, 1.807) is 0 Å². The zero-order valence-electron chi connectivity index (χ0n) is 18.6. The largest absolute Gasteiger partial charge is 0.335 e. The van der Waals surface area contributed by atoms with Crippen LogP contribution in [0.3, 0.4) is 0 Å². The number of rotatable bonds is 6. The van der Waals surface area contributed by atoms with Crippen LogP contribution in [0.1, 0.15) is 57.8 Å². The second kappa shape index (κ2) is 9.42. The van der Waals surface area contributed by atoms with Crippen LogP contribution < -0.4 is 4.90 Å². The number of anilines is 1. The van der Waals surface area contributed by atoms with Gasteiger partial charge in [0.2, 0.25) is 11.8 Å². The summed E-state index contributed by atoms with van der Waals surface area (Å²) in [5.74, 6) is 1.08. The maximum Gasteiger partial charge on any atom is 0.240 e. The second-order valence-electron chi connectivity index (χ2n) is 8.42. The second-order valence-corrected chi connectivity index (χ2v) is 9.73. The van der Waals surface area contributed by atoms with Crippen molar-refractivity contribution in [2.45, 2.75) is 82.4 Å². The van der Waals surface area contributed by atoms with E-state index in [4.69, 9.17) is 0 Å². The van der Waals surface area contributed by atoms with E-state index < -0.39 is 0 Å². The molecule has 0 N–H and O–H groups in total. The Labute approximate surface area is 188 Å². The number of likely N-dealkylation sites (tertiary alicyclic amines) is 1. The van der Waals surface area contributed by atoms with Crippen molar-refractivity contribution in [3.63, 3.8) is 0 Å². The Hall–Kier alpha value is -2.35. The first-order valence-corrected chi connectivity index (χ1v) is 12.1. The third-order valence-electron chi connectivity index (χ3n) is 6.19. The number of hydrogen-bond donors (Lipinski definition) is 0. The average Bonchev–Trinajstić information content (AvgIpc) is 3.22. The molecule has 0 radical (unpaired) electrons. The highest BCUT2D eigenvalue weighted by molar-refractivity contribution is 8.00. The minimum atomic E-state index is -0.282. The Kier molecular flexibility index (Phi) is 6.65. The first kappa shape index (κ1) is 21.9. The summed E-state index contributed by atoms with van der Waals surface area (Å²) in [6.07, 6.45) is 4.60. The van der Waals surface area contributed by atoms with Gasteiger partial charge in [0.1, 0.15) is 0 Å². The molecule has 2 unspecified atom stereocenters.